The molecule has 1 aliphatic carbocycles. The summed E-state index contributed by atoms with van der Waals surface area (Å²) >= 11 is 0. The van der Waals surface area contributed by atoms with Crippen LogP contribution in [0.15, 0.2) is 0 Å². The Morgan fingerprint density at radius 1 is 1.56 bits per heavy atom. The molecule has 1 saturated carbocycles. The highest BCUT2D eigenvalue weighted by Gasteiger charge is 2.13. The maximum atomic E-state index is 9.19. The standard InChI is InChI=1S/C3H7N.CH4O3S/c4-3-1-2-3;1-5(2,3)4/h3H,1-2,4H2;1H3,(H,2,3,4). The van der Waals surface area contributed by atoms with Crippen LogP contribution in [-0.4, -0.2) is 25.3 Å². The van der Waals surface area contributed by atoms with Crippen LogP contribution in [0.4, 0.5) is 0 Å². The molecular weight excluding hydrogens is 142 g/mol. The fourth-order valence-corrected chi connectivity index (χ4v) is 0.0962. The Balaban J connectivity index is 0.000000144. The molecule has 3 N–H and O–H groups in total. The van der Waals surface area contributed by atoms with Gasteiger partial charge in [0.05, 0.1) is 6.26 Å². The molecule has 9 heavy (non-hydrogen) atoms. The molecule has 0 spiro atoms. The fourth-order valence-electron chi connectivity index (χ4n) is 0.0962. The van der Waals surface area contributed by atoms with Gasteiger partial charge >= 0.3 is 0 Å². The minimum Gasteiger partial charge on any atom is -0.328 e. The summed E-state index contributed by atoms with van der Waals surface area (Å²) in [4.78, 5) is 0. The molecule has 0 saturated heterocycles. The van der Waals surface area contributed by atoms with Crippen LogP contribution in [0.5, 0.6) is 0 Å². The Bertz CT molecular complexity index is 151. The molecule has 56 valence electrons. The van der Waals surface area contributed by atoms with Crippen LogP contribution in [0.3, 0.4) is 0 Å². The third kappa shape index (κ3) is 32.9. The third-order valence-electron chi connectivity index (χ3n) is 0.622. The van der Waals surface area contributed by atoms with E-state index in [0.29, 0.717) is 12.3 Å². The van der Waals surface area contributed by atoms with Gasteiger partial charge in [-0.2, -0.15) is 8.42 Å². The first-order chi connectivity index (χ1) is 3.89. The topological polar surface area (TPSA) is 80.4 Å². The molecule has 0 atom stereocenters. The van der Waals surface area contributed by atoms with Crippen molar-refractivity contribution in [1.82, 2.24) is 0 Å². The van der Waals surface area contributed by atoms with Gasteiger partial charge in [0.15, 0.2) is 0 Å². The van der Waals surface area contributed by atoms with Crippen molar-refractivity contribution in [3.8, 4) is 0 Å². The van der Waals surface area contributed by atoms with Crippen molar-refractivity contribution in [3.63, 3.8) is 0 Å². The van der Waals surface area contributed by atoms with E-state index in [4.69, 9.17) is 10.3 Å². The van der Waals surface area contributed by atoms with Crippen molar-refractivity contribution in [2.75, 3.05) is 6.26 Å². The average molecular weight is 153 g/mol. The second-order valence-corrected chi connectivity index (χ2v) is 3.54. The highest BCUT2D eigenvalue weighted by Crippen LogP contribution is 2.13. The molecule has 1 aliphatic rings. The van der Waals surface area contributed by atoms with Gasteiger partial charge in [-0.25, -0.2) is 0 Å². The zero-order valence-corrected chi connectivity index (χ0v) is 6.06. The van der Waals surface area contributed by atoms with Crippen LogP contribution in [0.25, 0.3) is 0 Å². The Hall–Kier alpha value is -0.130. The Labute approximate surface area is 54.8 Å². The summed E-state index contributed by atoms with van der Waals surface area (Å²) in [5, 5.41) is 0. The molecule has 1 fully saturated rings. The SMILES string of the molecule is CS(=O)(=O)O.NC1CC1. The van der Waals surface area contributed by atoms with E-state index in [0.717, 1.165) is 0 Å². The molecular formula is C4H11NO3S. The fraction of sp³-hybridized carbons (Fsp3) is 1.00. The van der Waals surface area contributed by atoms with Gasteiger partial charge in [-0.1, -0.05) is 0 Å². The highest BCUT2D eigenvalue weighted by molar-refractivity contribution is 7.85. The first-order valence-corrected chi connectivity index (χ1v) is 4.42. The molecule has 0 aromatic heterocycles. The lowest BCUT2D eigenvalue weighted by molar-refractivity contribution is 0.490. The summed E-state index contributed by atoms with van der Waals surface area (Å²) in [6.07, 6.45) is 3.24. The van der Waals surface area contributed by atoms with Crippen molar-refractivity contribution in [2.24, 2.45) is 5.73 Å². The summed E-state index contributed by atoms with van der Waals surface area (Å²) in [6.45, 7) is 0. The number of hydrogen-bond donors (Lipinski definition) is 2. The van der Waals surface area contributed by atoms with Crippen LogP contribution in [-0.2, 0) is 10.1 Å². The summed E-state index contributed by atoms with van der Waals surface area (Å²) in [7, 11) is -3.67. The van der Waals surface area contributed by atoms with E-state index in [-0.39, 0.29) is 0 Å². The van der Waals surface area contributed by atoms with Gasteiger partial charge in [0, 0.05) is 6.04 Å². The van der Waals surface area contributed by atoms with E-state index in [1.807, 2.05) is 0 Å². The lowest BCUT2D eigenvalue weighted by Gasteiger charge is -1.69. The van der Waals surface area contributed by atoms with Crippen LogP contribution in [0.1, 0.15) is 12.8 Å². The van der Waals surface area contributed by atoms with Gasteiger partial charge in [-0.3, -0.25) is 4.55 Å². The monoisotopic (exact) mass is 153 g/mol. The van der Waals surface area contributed by atoms with Gasteiger partial charge in [0.25, 0.3) is 10.1 Å². The molecule has 0 aliphatic heterocycles. The Morgan fingerprint density at radius 2 is 1.67 bits per heavy atom. The van der Waals surface area contributed by atoms with Gasteiger partial charge < -0.3 is 5.73 Å². The van der Waals surface area contributed by atoms with Crippen molar-refractivity contribution in [3.05, 3.63) is 0 Å². The number of rotatable bonds is 0. The molecule has 4 nitrogen and oxygen atoms in total. The molecule has 0 bridgehead atoms. The zero-order chi connectivity index (χ0) is 7.49. The second kappa shape index (κ2) is 3.14. The summed E-state index contributed by atoms with van der Waals surface area (Å²) < 4.78 is 25.9. The highest BCUT2D eigenvalue weighted by atomic mass is 32.2. The maximum Gasteiger partial charge on any atom is 0.261 e. The molecule has 1 rings (SSSR count). The summed E-state index contributed by atoms with van der Waals surface area (Å²) in [5.74, 6) is 0. The van der Waals surface area contributed by atoms with Gasteiger partial charge in [-0.05, 0) is 12.8 Å². The van der Waals surface area contributed by atoms with E-state index >= 15 is 0 Å². The zero-order valence-electron chi connectivity index (χ0n) is 5.24. The first-order valence-electron chi connectivity index (χ1n) is 2.57. The predicted molar refractivity (Wildman–Crippen MR) is 34.7 cm³/mol. The largest absolute Gasteiger partial charge is 0.328 e. The van der Waals surface area contributed by atoms with E-state index < -0.39 is 10.1 Å². The van der Waals surface area contributed by atoms with Gasteiger partial charge in [-0.15, -0.1) is 0 Å². The van der Waals surface area contributed by atoms with E-state index in [1.165, 1.54) is 12.8 Å². The summed E-state index contributed by atoms with van der Waals surface area (Å²) in [5.41, 5.74) is 5.22. The molecule has 0 radical (unpaired) electrons. The minimum absolute atomic E-state index is 0.583. The molecule has 0 unspecified atom stereocenters. The number of hydrogen-bond acceptors (Lipinski definition) is 3. The van der Waals surface area contributed by atoms with Crippen molar-refractivity contribution in [2.45, 2.75) is 18.9 Å². The Morgan fingerprint density at radius 3 is 1.67 bits per heavy atom. The van der Waals surface area contributed by atoms with Crippen LogP contribution < -0.4 is 5.73 Å². The van der Waals surface area contributed by atoms with E-state index in [2.05, 4.69) is 0 Å². The normalized spacial score (nSPS) is 18.1. The molecule has 0 heterocycles. The predicted octanol–water partition coefficient (Wildman–Crippen LogP) is -0.388. The van der Waals surface area contributed by atoms with Gasteiger partial charge in [0.1, 0.15) is 0 Å². The number of nitrogens with two attached hydrogens (primary N) is 1. The maximum absolute atomic E-state index is 9.19. The third-order valence-corrected chi connectivity index (χ3v) is 0.622. The Kier molecular flexibility index (Phi) is 3.10. The lowest BCUT2D eigenvalue weighted by Crippen LogP contribution is -1.94. The first kappa shape index (κ1) is 8.87. The summed E-state index contributed by atoms with van der Waals surface area (Å²) in [6, 6.07) is 0.583. The quantitative estimate of drug-likeness (QED) is 0.464. The van der Waals surface area contributed by atoms with Crippen LogP contribution in [0, 0.1) is 0 Å². The van der Waals surface area contributed by atoms with Gasteiger partial charge in [0.2, 0.25) is 0 Å². The minimum atomic E-state index is -3.67. The van der Waals surface area contributed by atoms with Crippen LogP contribution in [0.2, 0.25) is 0 Å². The lowest BCUT2D eigenvalue weighted by atomic mass is 10.8. The molecule has 5 heteroatoms. The average Bonchev–Trinajstić information content (AvgIpc) is 2.13. The van der Waals surface area contributed by atoms with Crippen molar-refractivity contribution >= 4 is 10.1 Å². The smallest absolute Gasteiger partial charge is 0.261 e. The molecule has 0 aromatic rings. The second-order valence-electron chi connectivity index (χ2n) is 2.07. The van der Waals surface area contributed by atoms with Crippen molar-refractivity contribution < 1.29 is 13.0 Å². The molecule has 0 amide bonds. The van der Waals surface area contributed by atoms with E-state index in [1.54, 1.807) is 0 Å². The molecule has 0 aromatic carbocycles. The van der Waals surface area contributed by atoms with Crippen molar-refractivity contribution in [1.29, 1.82) is 0 Å². The van der Waals surface area contributed by atoms with Crippen LogP contribution >= 0.6 is 0 Å². The van der Waals surface area contributed by atoms with E-state index in [9.17, 15) is 8.42 Å².